The molecule has 0 saturated carbocycles. The van der Waals surface area contributed by atoms with Crippen molar-refractivity contribution < 1.29 is 0 Å². The van der Waals surface area contributed by atoms with E-state index in [0.29, 0.717) is 0 Å². The van der Waals surface area contributed by atoms with Crippen LogP contribution in [-0.2, 0) is 0 Å². The molecule has 0 bridgehead atoms. The molecular weight excluding hydrogens is 248 g/mol. The smallest absolute Gasteiger partial charge is 0.0649 e. The summed E-state index contributed by atoms with van der Waals surface area (Å²) in [6.45, 7) is 10.5. The van der Waals surface area contributed by atoms with Crippen LogP contribution >= 0.6 is 0 Å². The maximum Gasteiger partial charge on any atom is 0.0649 e. The van der Waals surface area contributed by atoms with Crippen molar-refractivity contribution in [3.8, 4) is 0 Å². The summed E-state index contributed by atoms with van der Waals surface area (Å²) in [7, 11) is 1.96. The minimum Gasteiger partial charge on any atom is -0.320 e. The Morgan fingerprint density at radius 2 is 2.00 bits per heavy atom. The van der Waals surface area contributed by atoms with Crippen LogP contribution in [0.1, 0.15) is 46.5 Å². The number of hydrogen-bond donors (Lipinski definition) is 1. The first-order valence-corrected chi connectivity index (χ1v) is 7.16. The summed E-state index contributed by atoms with van der Waals surface area (Å²) in [5.74, 6) is 0. The fourth-order valence-corrected chi connectivity index (χ4v) is 1.74. The molecule has 0 aromatic carbocycles. The van der Waals surface area contributed by atoms with E-state index in [-0.39, 0.29) is 0 Å². The molecule has 0 aliphatic heterocycles. The zero-order chi connectivity index (χ0) is 15.2. The fourth-order valence-electron chi connectivity index (χ4n) is 1.74. The zero-order valence-corrected chi connectivity index (χ0v) is 13.3. The Labute approximate surface area is 123 Å². The van der Waals surface area contributed by atoms with Gasteiger partial charge in [0.2, 0.25) is 0 Å². The van der Waals surface area contributed by atoms with Crippen LogP contribution in [0, 0.1) is 0 Å². The molecule has 0 radical (unpaired) electrons. The molecular formula is C16H28N4. The molecule has 0 rings (SSSR count). The summed E-state index contributed by atoms with van der Waals surface area (Å²) < 4.78 is 0. The highest BCUT2D eigenvalue weighted by Crippen LogP contribution is 2.14. The molecule has 0 aliphatic carbocycles. The topological polar surface area (TPSA) is 49.1 Å². The number of rotatable bonds is 10. The van der Waals surface area contributed by atoms with Crippen molar-refractivity contribution in [2.45, 2.75) is 46.5 Å². The van der Waals surface area contributed by atoms with Crippen molar-refractivity contribution in [1.29, 1.82) is 0 Å². The minimum atomic E-state index is 0.915. The van der Waals surface area contributed by atoms with Gasteiger partial charge >= 0.3 is 0 Å². The Hall–Kier alpha value is -1.55. The Kier molecular flexibility index (Phi) is 11.5. The van der Waals surface area contributed by atoms with Crippen molar-refractivity contribution in [1.82, 2.24) is 5.32 Å². The van der Waals surface area contributed by atoms with Crippen LogP contribution in [0.25, 0.3) is 0 Å². The largest absolute Gasteiger partial charge is 0.320 e. The normalized spacial score (nSPS) is 14.1. The van der Waals surface area contributed by atoms with Gasteiger partial charge in [0, 0.05) is 11.9 Å². The van der Waals surface area contributed by atoms with Gasteiger partial charge < -0.3 is 5.32 Å². The van der Waals surface area contributed by atoms with Crippen LogP contribution < -0.4 is 5.32 Å². The third kappa shape index (κ3) is 8.53. The van der Waals surface area contributed by atoms with E-state index < -0.39 is 0 Å². The summed E-state index contributed by atoms with van der Waals surface area (Å²) in [5, 5.41) is 11.5. The van der Waals surface area contributed by atoms with E-state index in [1.54, 1.807) is 0 Å². The molecule has 0 saturated heterocycles. The minimum absolute atomic E-state index is 0.915. The standard InChI is InChI=1S/C16H28N4/c1-6-7-8-9-13-19-20-15(3)16(14(2)18-5)11-10-12-17-4/h6-7,13,17H,5,8-12H2,1-4H3/b7-6+,16-14-,19-13-,20-15-. The monoisotopic (exact) mass is 276 g/mol. The number of nitrogens with zero attached hydrogens (tertiary/aromatic N) is 3. The number of hydrogen-bond acceptors (Lipinski definition) is 4. The average molecular weight is 276 g/mol. The van der Waals surface area contributed by atoms with E-state index >= 15 is 0 Å². The molecule has 0 amide bonds. The first kappa shape index (κ1) is 18.4. The summed E-state index contributed by atoms with van der Waals surface area (Å²) >= 11 is 0. The predicted molar refractivity (Wildman–Crippen MR) is 91.1 cm³/mol. The first-order valence-electron chi connectivity index (χ1n) is 7.16. The first-order chi connectivity index (χ1) is 9.67. The molecule has 0 heterocycles. The summed E-state index contributed by atoms with van der Waals surface area (Å²) in [4.78, 5) is 4.02. The lowest BCUT2D eigenvalue weighted by molar-refractivity contribution is 0.726. The molecule has 4 nitrogen and oxygen atoms in total. The van der Waals surface area contributed by atoms with Gasteiger partial charge in [-0.05, 0) is 72.3 Å². The number of nitrogens with one attached hydrogen (secondary N) is 1. The van der Waals surface area contributed by atoms with Gasteiger partial charge in [-0.3, -0.25) is 4.99 Å². The van der Waals surface area contributed by atoms with Gasteiger partial charge in [0.1, 0.15) is 0 Å². The molecule has 20 heavy (non-hydrogen) atoms. The Balaban J connectivity index is 4.61. The molecule has 0 fully saturated rings. The van der Waals surface area contributed by atoms with E-state index in [2.05, 4.69) is 33.3 Å². The van der Waals surface area contributed by atoms with Gasteiger partial charge in [-0.2, -0.15) is 10.2 Å². The molecule has 4 heteroatoms. The lowest BCUT2D eigenvalue weighted by Crippen LogP contribution is -2.09. The lowest BCUT2D eigenvalue weighted by atomic mass is 10.0. The van der Waals surface area contributed by atoms with Gasteiger partial charge in [-0.25, -0.2) is 0 Å². The quantitative estimate of drug-likeness (QED) is 0.281. The summed E-state index contributed by atoms with van der Waals surface area (Å²) in [6, 6.07) is 0. The molecule has 1 N–H and O–H groups in total. The second-order valence-electron chi connectivity index (χ2n) is 4.56. The molecule has 0 aliphatic rings. The Morgan fingerprint density at radius 1 is 1.25 bits per heavy atom. The van der Waals surface area contributed by atoms with E-state index in [1.807, 2.05) is 40.1 Å². The van der Waals surface area contributed by atoms with Crippen LogP contribution in [-0.4, -0.2) is 32.2 Å². The van der Waals surface area contributed by atoms with Crippen LogP contribution in [0.4, 0.5) is 0 Å². The predicted octanol–water partition coefficient (Wildman–Crippen LogP) is 3.76. The molecule has 0 aromatic rings. The third-order valence-corrected chi connectivity index (χ3v) is 2.95. The van der Waals surface area contributed by atoms with Gasteiger partial charge in [0.25, 0.3) is 0 Å². The molecule has 0 unspecified atom stereocenters. The van der Waals surface area contributed by atoms with Crippen LogP contribution in [0.3, 0.4) is 0 Å². The zero-order valence-electron chi connectivity index (χ0n) is 13.3. The van der Waals surface area contributed by atoms with Gasteiger partial charge in [-0.1, -0.05) is 12.2 Å². The van der Waals surface area contributed by atoms with Crippen molar-refractivity contribution in [3.05, 3.63) is 23.4 Å². The van der Waals surface area contributed by atoms with Crippen LogP contribution in [0.5, 0.6) is 0 Å². The summed E-state index contributed by atoms with van der Waals surface area (Å²) in [5.41, 5.74) is 3.00. The second-order valence-corrected chi connectivity index (χ2v) is 4.56. The van der Waals surface area contributed by atoms with E-state index in [9.17, 15) is 0 Å². The molecule has 0 atom stereocenters. The van der Waals surface area contributed by atoms with Crippen LogP contribution in [0.2, 0.25) is 0 Å². The van der Waals surface area contributed by atoms with E-state index in [4.69, 9.17) is 0 Å². The van der Waals surface area contributed by atoms with Crippen LogP contribution in [0.15, 0.2) is 38.6 Å². The maximum absolute atomic E-state index is 4.27. The van der Waals surface area contributed by atoms with E-state index in [1.165, 1.54) is 0 Å². The number of unbranched alkanes of at least 4 members (excludes halogenated alkanes) is 1. The highest BCUT2D eigenvalue weighted by molar-refractivity contribution is 5.98. The van der Waals surface area contributed by atoms with Crippen molar-refractivity contribution in [2.24, 2.45) is 15.2 Å². The Bertz CT molecular complexity index is 389. The van der Waals surface area contributed by atoms with Crippen molar-refractivity contribution in [2.75, 3.05) is 13.6 Å². The Morgan fingerprint density at radius 3 is 2.60 bits per heavy atom. The fraction of sp³-hybridized carbons (Fsp3) is 0.562. The average Bonchev–Trinajstić information content (AvgIpc) is 2.46. The van der Waals surface area contributed by atoms with Gasteiger partial charge in [0.05, 0.1) is 5.71 Å². The maximum atomic E-state index is 4.27. The number of allylic oxidation sites excluding steroid dienone is 4. The molecule has 112 valence electrons. The summed E-state index contributed by atoms with van der Waals surface area (Å²) in [6.07, 6.45) is 9.93. The van der Waals surface area contributed by atoms with E-state index in [0.717, 1.165) is 49.2 Å². The second kappa shape index (κ2) is 12.5. The highest BCUT2D eigenvalue weighted by Gasteiger charge is 2.05. The highest BCUT2D eigenvalue weighted by atomic mass is 15.2. The van der Waals surface area contributed by atoms with Crippen molar-refractivity contribution >= 4 is 18.6 Å². The van der Waals surface area contributed by atoms with Crippen molar-refractivity contribution in [3.63, 3.8) is 0 Å². The third-order valence-electron chi connectivity index (χ3n) is 2.95. The van der Waals surface area contributed by atoms with Gasteiger partial charge in [0.15, 0.2) is 0 Å². The molecule has 0 spiro atoms. The number of aliphatic imine (C=N–C) groups is 1. The molecule has 0 aromatic heterocycles. The SMILES string of the molecule is C=N\C(C)=C(CCCNC)/C(C)=N\N=C/CC/C=C/C. The lowest BCUT2D eigenvalue weighted by Gasteiger charge is -2.08. The van der Waals surface area contributed by atoms with Gasteiger partial charge in [-0.15, -0.1) is 0 Å².